The molecule has 14 heavy (non-hydrogen) atoms. The molecular weight excluding hydrogens is 178 g/mol. The largest absolute Gasteiger partial charge is 0.341 e. The summed E-state index contributed by atoms with van der Waals surface area (Å²) >= 11 is 0. The highest BCUT2D eigenvalue weighted by molar-refractivity contribution is 5.81. The van der Waals surface area contributed by atoms with Crippen molar-refractivity contribution in [2.45, 2.75) is 39.3 Å². The number of nitrogens with zero attached hydrogens (tertiary/aromatic N) is 1. The van der Waals surface area contributed by atoms with E-state index in [-0.39, 0.29) is 17.4 Å². The van der Waals surface area contributed by atoms with Crippen LogP contribution in [-0.4, -0.2) is 36.0 Å². The monoisotopic (exact) mass is 199 g/mol. The summed E-state index contributed by atoms with van der Waals surface area (Å²) in [6, 6.07) is -0.222. The Hall–Kier alpha value is -0.610. The molecule has 2 atom stereocenters. The minimum atomic E-state index is -0.403. The number of amides is 1. The molecule has 0 aliphatic carbocycles. The Morgan fingerprint density at radius 3 is 2.57 bits per heavy atom. The van der Waals surface area contributed by atoms with Gasteiger partial charge in [0.05, 0.1) is 6.04 Å². The molecule has 0 spiro atoms. The molecule has 1 amide bonds. The van der Waals surface area contributed by atoms with Gasteiger partial charge >= 0.3 is 0 Å². The van der Waals surface area contributed by atoms with E-state index in [2.05, 4.69) is 13.8 Å². The van der Waals surface area contributed by atoms with E-state index in [1.165, 1.54) is 0 Å². The second-order valence-electron chi connectivity index (χ2n) is 4.93. The second kappa shape index (κ2) is 3.87. The van der Waals surface area contributed by atoms with Crippen LogP contribution in [0.3, 0.4) is 0 Å². The number of carbonyl (C=O) groups is 1. The van der Waals surface area contributed by atoms with Gasteiger partial charge in [-0.05, 0) is 18.8 Å². The van der Waals surface area contributed by atoms with E-state index in [0.29, 0.717) is 6.54 Å². The molecule has 0 aromatic heterocycles. The summed E-state index contributed by atoms with van der Waals surface area (Å²) in [6.07, 6.45) is 0.867. The first-order chi connectivity index (χ1) is 6.34. The van der Waals surface area contributed by atoms with E-state index in [1.807, 2.05) is 4.90 Å². The summed E-state index contributed by atoms with van der Waals surface area (Å²) in [7, 11) is 0. The van der Waals surface area contributed by atoms with Gasteiger partial charge in [-0.2, -0.15) is 0 Å². The first-order valence-electron chi connectivity index (χ1n) is 5.14. The van der Waals surface area contributed by atoms with Gasteiger partial charge in [-0.1, -0.05) is 13.8 Å². The minimum absolute atomic E-state index is 0.00278. The number of hydrogen-bond donors (Lipinski definition) is 2. The third kappa shape index (κ3) is 2.25. The van der Waals surface area contributed by atoms with Crippen LogP contribution in [0.2, 0.25) is 0 Å². The molecule has 0 aromatic carbocycles. The van der Waals surface area contributed by atoms with Gasteiger partial charge in [0.1, 0.15) is 0 Å². The maximum Gasteiger partial charge on any atom is 0.239 e. The van der Waals surface area contributed by atoms with E-state index >= 15 is 0 Å². The van der Waals surface area contributed by atoms with Gasteiger partial charge in [0.25, 0.3) is 0 Å². The minimum Gasteiger partial charge on any atom is -0.341 e. The number of rotatable bonds is 1. The third-order valence-corrected chi connectivity index (χ3v) is 3.01. The van der Waals surface area contributed by atoms with Crippen LogP contribution in [0.4, 0.5) is 0 Å². The van der Waals surface area contributed by atoms with Crippen LogP contribution in [-0.2, 0) is 4.79 Å². The van der Waals surface area contributed by atoms with Crippen LogP contribution in [0.15, 0.2) is 0 Å². The fourth-order valence-electron chi connectivity index (χ4n) is 1.85. The van der Waals surface area contributed by atoms with E-state index in [1.54, 1.807) is 6.92 Å². The summed E-state index contributed by atoms with van der Waals surface area (Å²) in [4.78, 5) is 13.5. The molecule has 4 heteroatoms. The van der Waals surface area contributed by atoms with Crippen LogP contribution in [0.5, 0.6) is 0 Å². The first kappa shape index (κ1) is 11.5. The van der Waals surface area contributed by atoms with Crippen LogP contribution in [0.1, 0.15) is 27.2 Å². The Balaban J connectivity index is 2.64. The molecular formula is C10H21N3O. The zero-order valence-electron chi connectivity index (χ0n) is 9.29. The lowest BCUT2D eigenvalue weighted by Gasteiger charge is -2.43. The highest BCUT2D eigenvalue weighted by Crippen LogP contribution is 2.27. The Morgan fingerprint density at radius 1 is 1.57 bits per heavy atom. The maximum absolute atomic E-state index is 11.7. The van der Waals surface area contributed by atoms with Crippen molar-refractivity contribution in [2.24, 2.45) is 16.9 Å². The van der Waals surface area contributed by atoms with Crippen molar-refractivity contribution in [3.05, 3.63) is 0 Å². The van der Waals surface area contributed by atoms with Gasteiger partial charge in [0.2, 0.25) is 5.91 Å². The van der Waals surface area contributed by atoms with Gasteiger partial charge in [-0.25, -0.2) is 0 Å². The smallest absolute Gasteiger partial charge is 0.239 e. The van der Waals surface area contributed by atoms with Gasteiger partial charge in [0, 0.05) is 19.1 Å². The lowest BCUT2D eigenvalue weighted by molar-refractivity contribution is -0.135. The lowest BCUT2D eigenvalue weighted by Crippen LogP contribution is -2.56. The molecule has 1 unspecified atom stereocenters. The molecule has 1 aliphatic rings. The molecule has 0 radical (unpaired) electrons. The van der Waals surface area contributed by atoms with E-state index < -0.39 is 6.04 Å². The van der Waals surface area contributed by atoms with Crippen LogP contribution in [0.25, 0.3) is 0 Å². The predicted molar refractivity (Wildman–Crippen MR) is 56.6 cm³/mol. The standard InChI is InChI=1S/C10H21N3O/c1-7(11)9(14)13-5-4-8(12)10(2,3)6-13/h7-8H,4-6,11-12H2,1-3H3/t7-,8?/m0/s1. The van der Waals surface area contributed by atoms with Crippen molar-refractivity contribution in [3.63, 3.8) is 0 Å². The van der Waals surface area contributed by atoms with Gasteiger partial charge < -0.3 is 16.4 Å². The fraction of sp³-hybridized carbons (Fsp3) is 0.900. The summed E-state index contributed by atoms with van der Waals surface area (Å²) in [5, 5.41) is 0. The van der Waals surface area contributed by atoms with Crippen molar-refractivity contribution >= 4 is 5.91 Å². The van der Waals surface area contributed by atoms with E-state index in [0.717, 1.165) is 13.0 Å². The quantitative estimate of drug-likeness (QED) is 0.620. The molecule has 1 fully saturated rings. The van der Waals surface area contributed by atoms with Crippen LogP contribution < -0.4 is 11.5 Å². The number of likely N-dealkylation sites (tertiary alicyclic amines) is 1. The number of hydrogen-bond acceptors (Lipinski definition) is 3. The lowest BCUT2D eigenvalue weighted by atomic mass is 9.79. The van der Waals surface area contributed by atoms with Gasteiger partial charge in [0.15, 0.2) is 0 Å². The second-order valence-corrected chi connectivity index (χ2v) is 4.93. The first-order valence-corrected chi connectivity index (χ1v) is 5.14. The number of nitrogens with two attached hydrogens (primary N) is 2. The molecule has 0 aromatic rings. The average Bonchev–Trinajstić information content (AvgIpc) is 2.08. The summed E-state index contributed by atoms with van der Waals surface area (Å²) < 4.78 is 0. The molecule has 1 heterocycles. The average molecular weight is 199 g/mol. The van der Waals surface area contributed by atoms with Gasteiger partial charge in [-0.3, -0.25) is 4.79 Å². The highest BCUT2D eigenvalue weighted by Gasteiger charge is 2.35. The van der Waals surface area contributed by atoms with E-state index in [4.69, 9.17) is 11.5 Å². The zero-order chi connectivity index (χ0) is 10.9. The Morgan fingerprint density at radius 2 is 2.14 bits per heavy atom. The molecule has 1 rings (SSSR count). The molecule has 1 saturated heterocycles. The molecule has 82 valence electrons. The zero-order valence-corrected chi connectivity index (χ0v) is 9.29. The van der Waals surface area contributed by atoms with Crippen LogP contribution >= 0.6 is 0 Å². The predicted octanol–water partition coefficient (Wildman–Crippen LogP) is -0.0806. The normalized spacial score (nSPS) is 28.6. The highest BCUT2D eigenvalue weighted by atomic mass is 16.2. The molecule has 4 N–H and O–H groups in total. The summed E-state index contributed by atoms with van der Waals surface area (Å²) in [5.41, 5.74) is 11.6. The van der Waals surface area contributed by atoms with Crippen molar-refractivity contribution in [3.8, 4) is 0 Å². The topological polar surface area (TPSA) is 72.4 Å². The van der Waals surface area contributed by atoms with Crippen molar-refractivity contribution in [1.29, 1.82) is 0 Å². The SMILES string of the molecule is C[C@H](N)C(=O)N1CCC(N)C(C)(C)C1. The van der Waals surface area contributed by atoms with E-state index in [9.17, 15) is 4.79 Å². The van der Waals surface area contributed by atoms with Crippen LogP contribution in [0, 0.1) is 5.41 Å². The van der Waals surface area contributed by atoms with Crippen molar-refractivity contribution < 1.29 is 4.79 Å². The van der Waals surface area contributed by atoms with Crippen molar-refractivity contribution in [2.75, 3.05) is 13.1 Å². The Labute approximate surface area is 85.6 Å². The maximum atomic E-state index is 11.7. The molecule has 1 aliphatic heterocycles. The number of piperidine rings is 1. The number of carbonyl (C=O) groups excluding carboxylic acids is 1. The van der Waals surface area contributed by atoms with Gasteiger partial charge in [-0.15, -0.1) is 0 Å². The molecule has 0 bridgehead atoms. The van der Waals surface area contributed by atoms with Crippen molar-refractivity contribution in [1.82, 2.24) is 4.90 Å². The summed E-state index contributed by atoms with van der Waals surface area (Å²) in [6.45, 7) is 7.37. The molecule has 4 nitrogen and oxygen atoms in total. The third-order valence-electron chi connectivity index (χ3n) is 3.01. The summed E-state index contributed by atoms with van der Waals surface area (Å²) in [5.74, 6) is 0.0324. The molecule has 0 saturated carbocycles. The Kier molecular flexibility index (Phi) is 3.17. The Bertz CT molecular complexity index is 225. The fourth-order valence-corrected chi connectivity index (χ4v) is 1.85.